The van der Waals surface area contributed by atoms with E-state index in [9.17, 15) is 23.2 Å². The summed E-state index contributed by atoms with van der Waals surface area (Å²) in [5.74, 6) is -0.764. The molecule has 3 atom stereocenters. The molecule has 0 bridgehead atoms. The molecule has 0 aromatic heterocycles. The number of fused-ring (bicyclic) bond motifs is 1. The maximum absolute atomic E-state index is 13.5. The Kier molecular flexibility index (Phi) is 9.56. The van der Waals surface area contributed by atoms with Crippen LogP contribution in [0.5, 0.6) is 11.5 Å². The van der Waals surface area contributed by atoms with E-state index in [2.05, 4.69) is 0 Å². The van der Waals surface area contributed by atoms with Gasteiger partial charge in [0.25, 0.3) is 0 Å². The van der Waals surface area contributed by atoms with Crippen molar-refractivity contribution in [3.8, 4) is 11.5 Å². The second-order valence-corrected chi connectivity index (χ2v) is 12.6. The van der Waals surface area contributed by atoms with Crippen LogP contribution < -0.4 is 10.5 Å². The Hall–Kier alpha value is -1.98. The minimum Gasteiger partial charge on any atom is -0.504 e. The number of phenolic OH excluding ortho intramolecular Hbond substituents is 1. The van der Waals surface area contributed by atoms with E-state index in [1.165, 1.54) is 16.4 Å². The third kappa shape index (κ3) is 6.47. The fourth-order valence-electron chi connectivity index (χ4n) is 4.23. The van der Waals surface area contributed by atoms with Crippen molar-refractivity contribution in [3.05, 3.63) is 53.6 Å². The van der Waals surface area contributed by atoms with Crippen LogP contribution in [-0.2, 0) is 30.1 Å². The zero-order valence-corrected chi connectivity index (χ0v) is 22.5. The molecular formula is C24H35N2O8PS. The molecule has 1 unspecified atom stereocenters. The van der Waals surface area contributed by atoms with Gasteiger partial charge in [-0.25, -0.2) is 8.42 Å². The van der Waals surface area contributed by atoms with Crippen LogP contribution in [0, 0.1) is 0 Å². The topological polar surface area (TPSA) is 149 Å². The zero-order chi connectivity index (χ0) is 26.5. The van der Waals surface area contributed by atoms with Gasteiger partial charge in [-0.15, -0.1) is 0 Å². The van der Waals surface area contributed by atoms with Crippen LogP contribution in [-0.4, -0.2) is 67.7 Å². The first-order valence-corrected chi connectivity index (χ1v) is 15.0. The fraction of sp³-hybridized carbons (Fsp3) is 0.500. The second-order valence-electron chi connectivity index (χ2n) is 8.69. The van der Waals surface area contributed by atoms with Crippen molar-refractivity contribution < 1.29 is 37.0 Å². The molecule has 1 aliphatic rings. The van der Waals surface area contributed by atoms with Crippen molar-refractivity contribution in [1.29, 1.82) is 0 Å². The molecule has 0 fully saturated rings. The molecule has 4 N–H and O–H groups in total. The van der Waals surface area contributed by atoms with Gasteiger partial charge in [0.15, 0.2) is 17.8 Å². The lowest BCUT2D eigenvalue weighted by Gasteiger charge is -2.35. The predicted octanol–water partition coefficient (Wildman–Crippen LogP) is 3.03. The summed E-state index contributed by atoms with van der Waals surface area (Å²) in [4.78, 5) is -0.0551. The summed E-state index contributed by atoms with van der Waals surface area (Å²) >= 11 is 0. The summed E-state index contributed by atoms with van der Waals surface area (Å²) in [6.45, 7) is 5.24. The molecule has 12 heteroatoms. The molecule has 0 spiro atoms. The van der Waals surface area contributed by atoms with E-state index >= 15 is 0 Å². The van der Waals surface area contributed by atoms with Gasteiger partial charge in [-0.3, -0.25) is 4.57 Å². The van der Waals surface area contributed by atoms with Gasteiger partial charge in [0.2, 0.25) is 10.0 Å². The normalized spacial score (nSPS) is 19.4. The Morgan fingerprint density at radius 3 is 2.39 bits per heavy atom. The zero-order valence-electron chi connectivity index (χ0n) is 20.7. The molecule has 200 valence electrons. The lowest BCUT2D eigenvalue weighted by atomic mass is 9.98. The van der Waals surface area contributed by atoms with Gasteiger partial charge < -0.3 is 29.7 Å². The first-order chi connectivity index (χ1) is 17.0. The number of benzene rings is 2. The molecule has 1 aliphatic heterocycles. The fourth-order valence-corrected chi connectivity index (χ4v) is 7.39. The number of hydrogen-bond donors (Lipinski definition) is 3. The number of aromatic hydroxyl groups is 1. The average molecular weight is 543 g/mol. The van der Waals surface area contributed by atoms with E-state index in [-0.39, 0.29) is 48.3 Å². The molecule has 0 saturated carbocycles. The van der Waals surface area contributed by atoms with E-state index in [0.29, 0.717) is 6.42 Å². The Balaban J connectivity index is 1.83. The number of sulfonamides is 1. The largest absolute Gasteiger partial charge is 0.504 e. The van der Waals surface area contributed by atoms with E-state index in [0.717, 1.165) is 5.56 Å². The molecule has 0 amide bonds. The predicted molar refractivity (Wildman–Crippen MR) is 136 cm³/mol. The number of nitrogens with zero attached hydrogens (tertiary/aromatic N) is 1. The maximum atomic E-state index is 13.5. The number of rotatable bonds is 12. The van der Waals surface area contributed by atoms with Crippen molar-refractivity contribution in [1.82, 2.24) is 4.31 Å². The van der Waals surface area contributed by atoms with Crippen LogP contribution in [0.3, 0.4) is 0 Å². The van der Waals surface area contributed by atoms with Gasteiger partial charge in [0, 0.05) is 30.6 Å². The minimum atomic E-state index is -4.04. The summed E-state index contributed by atoms with van der Waals surface area (Å²) in [5, 5.41) is 21.2. The number of phenols is 1. The first kappa shape index (κ1) is 28.6. The maximum Gasteiger partial charge on any atom is 0.367 e. The number of aliphatic hydroxyl groups excluding tert-OH is 1. The van der Waals surface area contributed by atoms with Crippen LogP contribution >= 0.6 is 7.60 Å². The van der Waals surface area contributed by atoms with Crippen LogP contribution in [0.2, 0.25) is 0 Å². The molecule has 1 heterocycles. The highest BCUT2D eigenvalue weighted by Gasteiger charge is 2.40. The molecule has 0 saturated heterocycles. The van der Waals surface area contributed by atoms with Crippen molar-refractivity contribution in [2.75, 3.05) is 32.7 Å². The Labute approximate surface area is 212 Å². The molecule has 36 heavy (non-hydrogen) atoms. The van der Waals surface area contributed by atoms with Crippen molar-refractivity contribution >= 4 is 17.6 Å². The van der Waals surface area contributed by atoms with Gasteiger partial charge in [-0.05, 0) is 38.0 Å². The third-order valence-corrected chi connectivity index (χ3v) is 9.58. The monoisotopic (exact) mass is 542 g/mol. The molecular weight excluding hydrogens is 507 g/mol. The Morgan fingerprint density at radius 1 is 1.14 bits per heavy atom. The molecule has 0 aliphatic carbocycles. The standard InChI is InChI=1S/C24H35N2O8PS/c1-4-33-35(29,34-5-2)16-32-24-20(27)11-12-22-23(24)17(3)14-26(36(22,30)31)15-21(28)19(25)13-18-9-7-6-8-10-18/h6-12,17,19,21,27-28H,4-5,13-16,25H2,1-3H3/t17?,19-,21+/m0/s1. The third-order valence-electron chi connectivity index (χ3n) is 5.94. The van der Waals surface area contributed by atoms with Gasteiger partial charge in [0.1, 0.15) is 0 Å². The molecule has 10 nitrogen and oxygen atoms in total. The summed E-state index contributed by atoms with van der Waals surface area (Å²) in [6, 6.07) is 11.3. The Morgan fingerprint density at radius 2 is 1.78 bits per heavy atom. The number of ether oxygens (including phenoxy) is 1. The van der Waals surface area contributed by atoms with Crippen molar-refractivity contribution in [3.63, 3.8) is 0 Å². The summed E-state index contributed by atoms with van der Waals surface area (Å²) in [6.07, 6.45) is -1.18. The van der Waals surface area contributed by atoms with Crippen molar-refractivity contribution in [2.24, 2.45) is 5.73 Å². The van der Waals surface area contributed by atoms with E-state index < -0.39 is 42.0 Å². The highest BCUT2D eigenvalue weighted by atomic mass is 32.2. The van der Waals surface area contributed by atoms with Crippen LogP contribution in [0.15, 0.2) is 47.4 Å². The van der Waals surface area contributed by atoms with Crippen LogP contribution in [0.25, 0.3) is 0 Å². The Bertz CT molecular complexity index is 1170. The smallest absolute Gasteiger partial charge is 0.367 e. The first-order valence-electron chi connectivity index (χ1n) is 11.9. The summed E-state index contributed by atoms with van der Waals surface area (Å²) in [7, 11) is -7.64. The molecule has 0 radical (unpaired) electrons. The van der Waals surface area contributed by atoms with Gasteiger partial charge in [-0.1, -0.05) is 37.3 Å². The van der Waals surface area contributed by atoms with Crippen molar-refractivity contribution in [2.45, 2.75) is 50.2 Å². The molecule has 3 rings (SSSR count). The van der Waals surface area contributed by atoms with Gasteiger partial charge >= 0.3 is 7.60 Å². The number of aliphatic hydroxyl groups is 1. The quantitative estimate of drug-likeness (QED) is 0.344. The highest BCUT2D eigenvalue weighted by Crippen LogP contribution is 2.50. The number of hydrogen-bond acceptors (Lipinski definition) is 9. The van der Waals surface area contributed by atoms with E-state index in [1.54, 1.807) is 20.8 Å². The number of nitrogens with two attached hydrogens (primary N) is 1. The molecule has 2 aromatic carbocycles. The molecule has 2 aromatic rings. The lowest BCUT2D eigenvalue weighted by Crippen LogP contribution is -2.49. The second kappa shape index (κ2) is 12.0. The summed E-state index contributed by atoms with van der Waals surface area (Å²) in [5.41, 5.74) is 7.40. The SMILES string of the molecule is CCOP(=O)(COc1c(O)ccc2c1C(C)CN(C[C@@H](O)[C@@H](N)Cc1ccccc1)S2(=O)=O)OCC. The van der Waals surface area contributed by atoms with Crippen LogP contribution in [0.4, 0.5) is 0 Å². The van der Waals surface area contributed by atoms with E-state index in [4.69, 9.17) is 19.5 Å². The lowest BCUT2D eigenvalue weighted by molar-refractivity contribution is 0.116. The highest BCUT2D eigenvalue weighted by molar-refractivity contribution is 7.89. The van der Waals surface area contributed by atoms with Gasteiger partial charge in [0.05, 0.1) is 24.2 Å². The van der Waals surface area contributed by atoms with E-state index in [1.807, 2.05) is 30.3 Å². The van der Waals surface area contributed by atoms with Crippen LogP contribution in [0.1, 0.15) is 37.8 Å². The summed E-state index contributed by atoms with van der Waals surface area (Å²) < 4.78 is 57.1. The van der Waals surface area contributed by atoms with Gasteiger partial charge in [-0.2, -0.15) is 4.31 Å². The number of β-amino-alcohol motifs (C(OH)–C–C–N with tert-alkyl or cyclic N) is 1. The minimum absolute atomic E-state index is 0.0405. The average Bonchev–Trinajstić information content (AvgIpc) is 2.82.